The molecule has 1 unspecified atom stereocenters. The van der Waals surface area contributed by atoms with E-state index >= 15 is 0 Å². The first-order valence-corrected chi connectivity index (χ1v) is 7.71. The maximum absolute atomic E-state index is 8.79. The Morgan fingerprint density at radius 2 is 2.40 bits per heavy atom. The molecule has 1 N–H and O–H groups in total. The number of hydrogen-bond acceptors (Lipinski definition) is 1. The molecule has 1 aromatic heterocycles. The van der Waals surface area contributed by atoms with E-state index in [2.05, 4.69) is 29.3 Å². The molecule has 2 nitrogen and oxygen atoms in total. The summed E-state index contributed by atoms with van der Waals surface area (Å²) in [5, 5.41) is 10.1. The number of H-pyrrole nitrogens is 1. The van der Waals surface area contributed by atoms with Crippen molar-refractivity contribution in [1.29, 1.82) is 5.26 Å². The number of nitrogens with one attached hydrogen (secondary N) is 1. The van der Waals surface area contributed by atoms with Crippen molar-refractivity contribution in [2.75, 3.05) is 4.43 Å². The Kier molecular flexibility index (Phi) is 2.17. The summed E-state index contributed by atoms with van der Waals surface area (Å²) in [6.07, 6.45) is 2.50. The number of benzene rings is 1. The first-order chi connectivity index (χ1) is 7.40. The summed E-state index contributed by atoms with van der Waals surface area (Å²) in [5.41, 5.74) is 3.83. The van der Waals surface area contributed by atoms with Crippen LogP contribution >= 0.6 is 0 Å². The number of nitriles is 1. The summed E-state index contributed by atoms with van der Waals surface area (Å²) in [5.74, 6) is 0. The topological polar surface area (TPSA) is 39.6 Å². The van der Waals surface area contributed by atoms with E-state index in [1.807, 2.05) is 6.20 Å². The Morgan fingerprint density at radius 1 is 1.53 bits per heavy atom. The van der Waals surface area contributed by atoms with Crippen molar-refractivity contribution >= 4 is 10.9 Å². The van der Waals surface area contributed by atoms with Crippen molar-refractivity contribution in [3.8, 4) is 6.07 Å². The molecule has 15 heavy (non-hydrogen) atoms. The molecule has 1 atom stereocenters. The van der Waals surface area contributed by atoms with Gasteiger partial charge in [-0.05, 0) is 0 Å². The van der Waals surface area contributed by atoms with Gasteiger partial charge in [0.05, 0.1) is 0 Å². The fourth-order valence-corrected chi connectivity index (χ4v) is 3.70. The molecule has 3 heteroatoms. The molecule has 2 aromatic rings. The summed E-state index contributed by atoms with van der Waals surface area (Å²) < 4.78 is 2.26. The van der Waals surface area contributed by atoms with E-state index < -0.39 is 0 Å². The Labute approximate surface area is 98.6 Å². The van der Waals surface area contributed by atoms with Gasteiger partial charge in [0.1, 0.15) is 0 Å². The molecule has 1 fully saturated rings. The van der Waals surface area contributed by atoms with Crippen LogP contribution in [0.5, 0.6) is 0 Å². The van der Waals surface area contributed by atoms with E-state index in [0.29, 0.717) is 27.6 Å². The van der Waals surface area contributed by atoms with Crippen LogP contribution in [-0.2, 0) is 6.42 Å². The van der Waals surface area contributed by atoms with Crippen molar-refractivity contribution in [1.82, 2.24) is 4.98 Å². The standard InChI is InChI=1S/C12H10IN2/c14-5-4-8-7-15-11-3-1-2-9(12(8)11)10-6-13-10/h1-3,7,10,15H,4,6H2/q-1. The van der Waals surface area contributed by atoms with Crippen molar-refractivity contribution in [2.45, 2.75) is 10.3 Å². The van der Waals surface area contributed by atoms with Gasteiger partial charge in [-0.3, -0.25) is 0 Å². The number of alkyl halides is 2. The van der Waals surface area contributed by atoms with Gasteiger partial charge in [-0.25, -0.2) is 0 Å². The molecule has 3 rings (SSSR count). The molecule has 0 radical (unpaired) electrons. The van der Waals surface area contributed by atoms with Crippen LogP contribution in [0.25, 0.3) is 10.9 Å². The summed E-state index contributed by atoms with van der Waals surface area (Å²) in [6.45, 7) is 0. The van der Waals surface area contributed by atoms with Crippen LogP contribution in [0.4, 0.5) is 0 Å². The van der Waals surface area contributed by atoms with E-state index in [9.17, 15) is 0 Å². The number of rotatable bonds is 2. The van der Waals surface area contributed by atoms with Gasteiger partial charge in [-0.2, -0.15) is 0 Å². The Bertz CT molecular complexity index is 546. The summed E-state index contributed by atoms with van der Waals surface area (Å²) >= 11 is 0.420. The Morgan fingerprint density at radius 3 is 3.13 bits per heavy atom. The summed E-state index contributed by atoms with van der Waals surface area (Å²) in [7, 11) is 0. The van der Waals surface area contributed by atoms with Gasteiger partial charge in [0.25, 0.3) is 0 Å². The fraction of sp³-hybridized carbons (Fsp3) is 0.250. The molecule has 1 aliphatic heterocycles. The zero-order chi connectivity index (χ0) is 10.3. The van der Waals surface area contributed by atoms with Crippen LogP contribution in [0, 0.1) is 11.3 Å². The number of nitrogens with zero attached hydrogens (tertiary/aromatic N) is 1. The quantitative estimate of drug-likeness (QED) is 0.583. The predicted octanol–water partition coefficient (Wildman–Crippen LogP) is -0.622. The molecule has 1 saturated heterocycles. The third-order valence-corrected chi connectivity index (χ3v) is 5.17. The Balaban J connectivity index is 2.25. The Hall–Kier alpha value is -1.02. The van der Waals surface area contributed by atoms with Crippen molar-refractivity contribution in [3.63, 3.8) is 0 Å². The van der Waals surface area contributed by atoms with E-state index in [4.69, 9.17) is 5.26 Å². The molecule has 1 aromatic carbocycles. The van der Waals surface area contributed by atoms with E-state index in [0.717, 1.165) is 3.92 Å². The van der Waals surface area contributed by atoms with Crippen LogP contribution in [0.1, 0.15) is 15.1 Å². The van der Waals surface area contributed by atoms with Gasteiger partial charge in [0, 0.05) is 0 Å². The molecule has 1 aliphatic rings. The molecule has 0 spiro atoms. The van der Waals surface area contributed by atoms with Gasteiger partial charge in [-0.15, -0.1) is 0 Å². The van der Waals surface area contributed by atoms with Gasteiger partial charge in [0.15, 0.2) is 0 Å². The van der Waals surface area contributed by atoms with Crippen LogP contribution < -0.4 is 21.2 Å². The van der Waals surface area contributed by atoms with Crippen LogP contribution in [0.15, 0.2) is 24.4 Å². The molecular formula is C12H10IN2-. The minimum atomic E-state index is 0.420. The predicted molar refractivity (Wildman–Crippen MR) is 55.2 cm³/mol. The second-order valence-corrected chi connectivity index (χ2v) is 6.96. The average Bonchev–Trinajstić information content (AvgIpc) is 3.02. The fourth-order valence-electron chi connectivity index (χ4n) is 1.98. The van der Waals surface area contributed by atoms with Gasteiger partial charge < -0.3 is 0 Å². The molecule has 2 heterocycles. The van der Waals surface area contributed by atoms with Crippen LogP contribution in [0.2, 0.25) is 0 Å². The van der Waals surface area contributed by atoms with E-state index in [1.165, 1.54) is 26.5 Å². The van der Waals surface area contributed by atoms with E-state index in [1.54, 1.807) is 0 Å². The average molecular weight is 309 g/mol. The maximum atomic E-state index is 8.79. The molecule has 0 saturated carbocycles. The number of halogens is 1. The van der Waals surface area contributed by atoms with Crippen LogP contribution in [0.3, 0.4) is 0 Å². The van der Waals surface area contributed by atoms with Gasteiger partial charge >= 0.3 is 98.7 Å². The monoisotopic (exact) mass is 309 g/mol. The molecule has 76 valence electrons. The number of fused-ring (bicyclic) bond motifs is 1. The second-order valence-electron chi connectivity index (χ2n) is 3.69. The van der Waals surface area contributed by atoms with Gasteiger partial charge in [0.2, 0.25) is 0 Å². The van der Waals surface area contributed by atoms with Crippen molar-refractivity contribution in [2.24, 2.45) is 0 Å². The number of aromatic nitrogens is 1. The third-order valence-electron chi connectivity index (χ3n) is 2.74. The zero-order valence-corrected chi connectivity index (χ0v) is 10.3. The second kappa shape index (κ2) is 3.53. The molecule has 0 amide bonds. The normalized spacial score (nSPS) is 19.5. The summed E-state index contributed by atoms with van der Waals surface area (Å²) in [4.78, 5) is 3.26. The third kappa shape index (κ3) is 1.53. The minimum absolute atomic E-state index is 0.420. The molecular weight excluding hydrogens is 299 g/mol. The number of hydrogen-bond donors (Lipinski definition) is 1. The SMILES string of the molecule is N#CCc1c[nH]c2cccc(C3C[I-]3)c12. The van der Waals surface area contributed by atoms with E-state index in [-0.39, 0.29) is 0 Å². The van der Waals surface area contributed by atoms with Gasteiger partial charge in [-0.1, -0.05) is 0 Å². The molecule has 0 bridgehead atoms. The first-order valence-electron chi connectivity index (χ1n) is 4.93. The molecule has 0 aliphatic carbocycles. The van der Waals surface area contributed by atoms with Crippen LogP contribution in [-0.4, -0.2) is 9.41 Å². The summed E-state index contributed by atoms with van der Waals surface area (Å²) in [6, 6.07) is 8.68. The van der Waals surface area contributed by atoms with Crippen molar-refractivity contribution < 1.29 is 21.2 Å². The van der Waals surface area contributed by atoms with Crippen molar-refractivity contribution in [3.05, 3.63) is 35.5 Å². The zero-order valence-electron chi connectivity index (χ0n) is 8.13. The number of aromatic amines is 1. The first kappa shape index (κ1) is 9.22.